The highest BCUT2D eigenvalue weighted by molar-refractivity contribution is 5.95. The minimum absolute atomic E-state index is 0.0379. The number of aromatic nitrogens is 2. The van der Waals surface area contributed by atoms with Crippen molar-refractivity contribution in [1.29, 1.82) is 0 Å². The van der Waals surface area contributed by atoms with Gasteiger partial charge in [0.1, 0.15) is 0 Å². The van der Waals surface area contributed by atoms with Gasteiger partial charge in [-0.05, 0) is 25.3 Å². The Morgan fingerprint density at radius 2 is 1.83 bits per heavy atom. The third kappa shape index (κ3) is 4.19. The summed E-state index contributed by atoms with van der Waals surface area (Å²) in [6, 6.07) is 10.1. The second kappa shape index (κ2) is 8.37. The first-order valence-corrected chi connectivity index (χ1v) is 10.4. The number of likely N-dealkylation sites (tertiary alicyclic amines) is 1. The topological polar surface area (TPSA) is 61.7 Å². The standard InChI is InChI=1S/C22H29N5O2/c1-17-19(16-24(2)23-17)21(28)26-13-11-25(12-14-26)20-9-6-10-27(22(20)29)15-18-7-4-3-5-8-18/h3-5,7-8,16,20H,6,9-15H2,1-2H3/t20-/m0/s1. The van der Waals surface area contributed by atoms with Crippen molar-refractivity contribution in [2.45, 2.75) is 32.4 Å². The van der Waals surface area contributed by atoms with Crippen LogP contribution in [0.2, 0.25) is 0 Å². The van der Waals surface area contributed by atoms with Gasteiger partial charge in [0, 0.05) is 52.5 Å². The predicted octanol–water partition coefficient (Wildman–Crippen LogP) is 1.68. The zero-order chi connectivity index (χ0) is 20.4. The number of aryl methyl sites for hydroxylation is 2. The van der Waals surface area contributed by atoms with Crippen LogP contribution < -0.4 is 0 Å². The molecule has 7 heteroatoms. The molecule has 3 heterocycles. The zero-order valence-electron chi connectivity index (χ0n) is 17.3. The number of carbonyl (C=O) groups excluding carboxylic acids is 2. The van der Waals surface area contributed by atoms with Crippen molar-refractivity contribution >= 4 is 11.8 Å². The van der Waals surface area contributed by atoms with Crippen LogP contribution in [-0.2, 0) is 18.4 Å². The summed E-state index contributed by atoms with van der Waals surface area (Å²) < 4.78 is 1.68. The predicted molar refractivity (Wildman–Crippen MR) is 110 cm³/mol. The van der Waals surface area contributed by atoms with E-state index < -0.39 is 0 Å². The number of nitrogens with zero attached hydrogens (tertiary/aromatic N) is 5. The molecule has 1 atom stereocenters. The van der Waals surface area contributed by atoms with Crippen LogP contribution in [0.3, 0.4) is 0 Å². The van der Waals surface area contributed by atoms with Crippen LogP contribution in [0.4, 0.5) is 0 Å². The van der Waals surface area contributed by atoms with E-state index in [1.807, 2.05) is 42.0 Å². The highest BCUT2D eigenvalue weighted by Gasteiger charge is 2.35. The Kier molecular flexibility index (Phi) is 5.67. The molecule has 2 saturated heterocycles. The van der Waals surface area contributed by atoms with E-state index in [9.17, 15) is 9.59 Å². The molecule has 0 radical (unpaired) electrons. The molecule has 7 nitrogen and oxygen atoms in total. The summed E-state index contributed by atoms with van der Waals surface area (Å²) in [6.07, 6.45) is 3.72. The molecule has 2 aromatic rings. The van der Waals surface area contributed by atoms with Gasteiger partial charge in [0.25, 0.3) is 5.91 Å². The van der Waals surface area contributed by atoms with Gasteiger partial charge in [-0.15, -0.1) is 0 Å². The van der Waals surface area contributed by atoms with Gasteiger partial charge in [-0.3, -0.25) is 19.2 Å². The van der Waals surface area contributed by atoms with Gasteiger partial charge < -0.3 is 9.80 Å². The first-order valence-electron chi connectivity index (χ1n) is 10.4. The first-order chi connectivity index (χ1) is 14.0. The van der Waals surface area contributed by atoms with E-state index in [1.54, 1.807) is 10.9 Å². The summed E-state index contributed by atoms with van der Waals surface area (Å²) >= 11 is 0. The average Bonchev–Trinajstić information content (AvgIpc) is 3.08. The quantitative estimate of drug-likeness (QED) is 0.790. The second-order valence-corrected chi connectivity index (χ2v) is 8.03. The Balaban J connectivity index is 1.36. The van der Waals surface area contributed by atoms with E-state index in [1.165, 1.54) is 5.56 Å². The van der Waals surface area contributed by atoms with Crippen LogP contribution in [0.25, 0.3) is 0 Å². The fourth-order valence-electron chi connectivity index (χ4n) is 4.44. The second-order valence-electron chi connectivity index (χ2n) is 8.03. The van der Waals surface area contributed by atoms with Crippen molar-refractivity contribution in [3.63, 3.8) is 0 Å². The zero-order valence-corrected chi connectivity index (χ0v) is 17.3. The number of carbonyl (C=O) groups is 2. The summed E-state index contributed by atoms with van der Waals surface area (Å²) in [5.41, 5.74) is 2.60. The molecule has 2 fully saturated rings. The van der Waals surface area contributed by atoms with Gasteiger partial charge in [0.05, 0.1) is 17.3 Å². The maximum absolute atomic E-state index is 13.1. The van der Waals surface area contributed by atoms with E-state index in [0.29, 0.717) is 25.2 Å². The molecule has 1 aromatic heterocycles. The highest BCUT2D eigenvalue weighted by Crippen LogP contribution is 2.21. The van der Waals surface area contributed by atoms with Crippen molar-refractivity contribution in [2.75, 3.05) is 32.7 Å². The van der Waals surface area contributed by atoms with E-state index in [-0.39, 0.29) is 17.9 Å². The summed E-state index contributed by atoms with van der Waals surface area (Å²) in [5.74, 6) is 0.263. The van der Waals surface area contributed by atoms with Crippen molar-refractivity contribution < 1.29 is 9.59 Å². The summed E-state index contributed by atoms with van der Waals surface area (Å²) in [5, 5.41) is 4.28. The van der Waals surface area contributed by atoms with E-state index >= 15 is 0 Å². The Hall–Kier alpha value is -2.67. The molecule has 0 spiro atoms. The molecule has 2 amide bonds. The molecule has 2 aliphatic rings. The number of piperidine rings is 1. The Morgan fingerprint density at radius 1 is 1.10 bits per heavy atom. The molecular formula is C22H29N5O2. The third-order valence-electron chi connectivity index (χ3n) is 6.00. The molecule has 0 bridgehead atoms. The lowest BCUT2D eigenvalue weighted by atomic mass is 10.0. The van der Waals surface area contributed by atoms with Crippen molar-refractivity contribution in [3.8, 4) is 0 Å². The fraction of sp³-hybridized carbons (Fsp3) is 0.500. The normalized spacial score (nSPS) is 20.9. The molecule has 0 N–H and O–H groups in total. The third-order valence-corrected chi connectivity index (χ3v) is 6.00. The number of amides is 2. The number of hydrogen-bond donors (Lipinski definition) is 0. The SMILES string of the molecule is Cc1nn(C)cc1C(=O)N1CCN([C@H]2CCCN(Cc3ccccc3)C2=O)CC1. The van der Waals surface area contributed by atoms with Gasteiger partial charge in [-0.2, -0.15) is 5.10 Å². The van der Waals surface area contributed by atoms with Gasteiger partial charge in [-0.1, -0.05) is 30.3 Å². The number of hydrogen-bond acceptors (Lipinski definition) is 4. The molecule has 0 saturated carbocycles. The van der Waals surface area contributed by atoms with Crippen LogP contribution in [0.15, 0.2) is 36.5 Å². The lowest BCUT2D eigenvalue weighted by Gasteiger charge is -2.42. The molecule has 0 aliphatic carbocycles. The molecular weight excluding hydrogens is 366 g/mol. The van der Waals surface area contributed by atoms with Crippen molar-refractivity contribution in [2.24, 2.45) is 7.05 Å². The molecule has 29 heavy (non-hydrogen) atoms. The van der Waals surface area contributed by atoms with E-state index in [0.717, 1.165) is 38.2 Å². The lowest BCUT2D eigenvalue weighted by Crippen LogP contribution is -2.58. The van der Waals surface area contributed by atoms with Crippen LogP contribution in [0.5, 0.6) is 0 Å². The fourth-order valence-corrected chi connectivity index (χ4v) is 4.44. The molecule has 0 unspecified atom stereocenters. The Morgan fingerprint density at radius 3 is 2.48 bits per heavy atom. The minimum atomic E-state index is -0.0650. The Labute approximate surface area is 171 Å². The van der Waals surface area contributed by atoms with Gasteiger partial charge in [0.2, 0.25) is 5.91 Å². The minimum Gasteiger partial charge on any atom is -0.337 e. The van der Waals surface area contributed by atoms with Crippen LogP contribution in [0.1, 0.15) is 34.5 Å². The monoisotopic (exact) mass is 395 g/mol. The summed E-state index contributed by atoms with van der Waals surface area (Å²) in [7, 11) is 1.83. The van der Waals surface area contributed by atoms with Crippen LogP contribution in [-0.4, -0.2) is 75.1 Å². The average molecular weight is 396 g/mol. The first kappa shape index (κ1) is 19.6. The van der Waals surface area contributed by atoms with Crippen LogP contribution >= 0.6 is 0 Å². The molecule has 154 valence electrons. The highest BCUT2D eigenvalue weighted by atomic mass is 16.2. The largest absolute Gasteiger partial charge is 0.337 e. The van der Waals surface area contributed by atoms with E-state index in [2.05, 4.69) is 22.1 Å². The Bertz CT molecular complexity index is 871. The van der Waals surface area contributed by atoms with Crippen molar-refractivity contribution in [1.82, 2.24) is 24.5 Å². The van der Waals surface area contributed by atoms with Crippen molar-refractivity contribution in [3.05, 3.63) is 53.3 Å². The van der Waals surface area contributed by atoms with E-state index in [4.69, 9.17) is 0 Å². The number of rotatable bonds is 4. The maximum Gasteiger partial charge on any atom is 0.257 e. The molecule has 4 rings (SSSR count). The molecule has 1 aromatic carbocycles. The van der Waals surface area contributed by atoms with Gasteiger partial charge in [-0.25, -0.2) is 0 Å². The summed E-state index contributed by atoms with van der Waals surface area (Å²) in [4.78, 5) is 32.1. The number of piperazine rings is 1. The summed E-state index contributed by atoms with van der Waals surface area (Å²) in [6.45, 7) is 6.13. The number of benzene rings is 1. The van der Waals surface area contributed by atoms with Gasteiger partial charge in [0.15, 0.2) is 0 Å². The smallest absolute Gasteiger partial charge is 0.257 e. The van der Waals surface area contributed by atoms with Crippen LogP contribution in [0, 0.1) is 6.92 Å². The molecule has 2 aliphatic heterocycles. The maximum atomic E-state index is 13.1. The lowest BCUT2D eigenvalue weighted by molar-refractivity contribution is -0.141. The van der Waals surface area contributed by atoms with Gasteiger partial charge >= 0.3 is 0 Å².